The maximum absolute atomic E-state index is 13.4. The zero-order valence-electron chi connectivity index (χ0n) is 17.6. The Morgan fingerprint density at radius 3 is 2.24 bits per heavy atom. The Labute approximate surface area is 190 Å². The van der Waals surface area contributed by atoms with Gasteiger partial charge in [0.1, 0.15) is 5.75 Å². The first kappa shape index (κ1) is 22.4. The van der Waals surface area contributed by atoms with Crippen molar-refractivity contribution in [2.24, 2.45) is 0 Å². The van der Waals surface area contributed by atoms with Crippen LogP contribution in [0.15, 0.2) is 83.8 Å². The molecule has 1 amide bonds. The van der Waals surface area contributed by atoms with Gasteiger partial charge in [-0.25, -0.2) is 8.42 Å². The molecule has 0 saturated carbocycles. The van der Waals surface area contributed by atoms with E-state index in [1.807, 2.05) is 0 Å². The molecule has 9 heteroatoms. The number of methoxy groups -OCH3 is 1. The van der Waals surface area contributed by atoms with Crippen LogP contribution in [0.5, 0.6) is 5.75 Å². The summed E-state index contributed by atoms with van der Waals surface area (Å²) >= 11 is 0. The summed E-state index contributed by atoms with van der Waals surface area (Å²) in [4.78, 5) is 39.1. The molecule has 1 heterocycles. The standard InChI is InChI=1S/C24H20N2O6S/c1-32-18-13-11-17(12-14-18)25-21(27)15-26-22(23(28)16-7-3-2-4-8-16)24(29)19-9-5-6-10-20(19)33(26,30)31/h2-14,22H,15H2,1H3,(H,25,27). The zero-order chi connectivity index (χ0) is 23.6. The van der Waals surface area contributed by atoms with E-state index in [2.05, 4.69) is 5.32 Å². The predicted octanol–water partition coefficient (Wildman–Crippen LogP) is 2.77. The van der Waals surface area contributed by atoms with E-state index in [0.29, 0.717) is 15.7 Å². The van der Waals surface area contributed by atoms with Crippen LogP contribution in [0.3, 0.4) is 0 Å². The number of carbonyl (C=O) groups is 3. The third-order valence-electron chi connectivity index (χ3n) is 5.26. The number of sulfonamides is 1. The number of nitrogens with zero attached hydrogens (tertiary/aromatic N) is 1. The first-order valence-electron chi connectivity index (χ1n) is 10.0. The molecule has 0 aromatic heterocycles. The molecular weight excluding hydrogens is 444 g/mol. The van der Waals surface area contributed by atoms with Crippen molar-refractivity contribution >= 4 is 33.2 Å². The number of ether oxygens (including phenoxy) is 1. The highest BCUT2D eigenvalue weighted by Gasteiger charge is 2.48. The quantitative estimate of drug-likeness (QED) is 0.444. The van der Waals surface area contributed by atoms with Crippen molar-refractivity contribution in [3.05, 3.63) is 90.0 Å². The van der Waals surface area contributed by atoms with Crippen LogP contribution in [0, 0.1) is 0 Å². The van der Waals surface area contributed by atoms with E-state index in [1.165, 1.54) is 43.5 Å². The van der Waals surface area contributed by atoms with Gasteiger partial charge in [-0.1, -0.05) is 42.5 Å². The molecule has 4 rings (SSSR count). The second kappa shape index (κ2) is 8.97. The molecule has 0 fully saturated rings. The van der Waals surface area contributed by atoms with Gasteiger partial charge in [0.05, 0.1) is 18.6 Å². The summed E-state index contributed by atoms with van der Waals surface area (Å²) in [6.07, 6.45) is 0. The average molecular weight is 464 g/mol. The lowest BCUT2D eigenvalue weighted by Gasteiger charge is -2.33. The number of hydrogen-bond donors (Lipinski definition) is 1. The highest BCUT2D eigenvalue weighted by Crippen LogP contribution is 2.31. The van der Waals surface area contributed by atoms with Crippen molar-refractivity contribution in [2.75, 3.05) is 19.0 Å². The van der Waals surface area contributed by atoms with E-state index in [-0.39, 0.29) is 16.0 Å². The fourth-order valence-corrected chi connectivity index (χ4v) is 5.35. The van der Waals surface area contributed by atoms with Gasteiger partial charge in [-0.2, -0.15) is 4.31 Å². The van der Waals surface area contributed by atoms with Gasteiger partial charge in [0.15, 0.2) is 17.6 Å². The highest BCUT2D eigenvalue weighted by molar-refractivity contribution is 7.89. The number of carbonyl (C=O) groups excluding carboxylic acids is 3. The van der Waals surface area contributed by atoms with Crippen LogP contribution in [0.4, 0.5) is 5.69 Å². The summed E-state index contributed by atoms with van der Waals surface area (Å²) < 4.78 is 32.5. The molecule has 1 unspecified atom stereocenters. The molecule has 0 saturated heterocycles. The Morgan fingerprint density at radius 1 is 0.939 bits per heavy atom. The molecular formula is C24H20N2O6S. The van der Waals surface area contributed by atoms with E-state index in [1.54, 1.807) is 42.5 Å². The Kier molecular flexibility index (Phi) is 6.08. The second-order valence-electron chi connectivity index (χ2n) is 7.32. The number of amides is 1. The van der Waals surface area contributed by atoms with Gasteiger partial charge in [0, 0.05) is 16.8 Å². The van der Waals surface area contributed by atoms with Gasteiger partial charge in [-0.05, 0) is 36.4 Å². The normalized spacial score (nSPS) is 17.1. The monoisotopic (exact) mass is 464 g/mol. The maximum Gasteiger partial charge on any atom is 0.245 e. The number of Topliss-reactive ketones (excluding diaryl/α,β-unsaturated/α-hetero) is 2. The number of benzene rings is 3. The summed E-state index contributed by atoms with van der Waals surface area (Å²) in [6, 6.07) is 18.4. The average Bonchev–Trinajstić information content (AvgIpc) is 2.83. The van der Waals surface area contributed by atoms with Crippen LogP contribution in [0.25, 0.3) is 0 Å². The van der Waals surface area contributed by atoms with Gasteiger partial charge >= 0.3 is 0 Å². The number of fused-ring (bicyclic) bond motifs is 1. The van der Waals surface area contributed by atoms with Crippen molar-refractivity contribution in [1.29, 1.82) is 0 Å². The topological polar surface area (TPSA) is 110 Å². The van der Waals surface area contributed by atoms with E-state index >= 15 is 0 Å². The van der Waals surface area contributed by atoms with Crippen LogP contribution >= 0.6 is 0 Å². The molecule has 1 N–H and O–H groups in total. The largest absolute Gasteiger partial charge is 0.497 e. The molecule has 1 atom stereocenters. The van der Waals surface area contributed by atoms with E-state index < -0.39 is 40.1 Å². The molecule has 0 aliphatic carbocycles. The molecule has 1 aliphatic heterocycles. The summed E-state index contributed by atoms with van der Waals surface area (Å²) in [7, 11) is -2.80. The minimum absolute atomic E-state index is 0.0707. The van der Waals surface area contributed by atoms with Crippen LogP contribution in [-0.2, 0) is 14.8 Å². The Balaban J connectivity index is 1.71. The number of rotatable bonds is 6. The lowest BCUT2D eigenvalue weighted by molar-refractivity contribution is -0.116. The van der Waals surface area contributed by atoms with Crippen LogP contribution in [0.2, 0.25) is 0 Å². The molecule has 33 heavy (non-hydrogen) atoms. The zero-order valence-corrected chi connectivity index (χ0v) is 18.4. The Hall–Kier alpha value is -3.82. The van der Waals surface area contributed by atoms with E-state index in [4.69, 9.17) is 4.74 Å². The lowest BCUT2D eigenvalue weighted by Crippen LogP contribution is -2.55. The molecule has 0 bridgehead atoms. The highest BCUT2D eigenvalue weighted by atomic mass is 32.2. The van der Waals surface area contributed by atoms with Crippen molar-refractivity contribution < 1.29 is 27.5 Å². The van der Waals surface area contributed by atoms with Gasteiger partial charge in [0.25, 0.3) is 0 Å². The number of ketones is 2. The van der Waals surface area contributed by atoms with Crippen LogP contribution in [0.1, 0.15) is 20.7 Å². The smallest absolute Gasteiger partial charge is 0.245 e. The third-order valence-corrected chi connectivity index (χ3v) is 7.12. The first-order valence-corrected chi connectivity index (χ1v) is 11.4. The van der Waals surface area contributed by atoms with Gasteiger partial charge < -0.3 is 10.1 Å². The molecule has 0 spiro atoms. The van der Waals surface area contributed by atoms with E-state index in [9.17, 15) is 22.8 Å². The Morgan fingerprint density at radius 2 is 1.58 bits per heavy atom. The summed E-state index contributed by atoms with van der Waals surface area (Å²) in [6.45, 7) is -0.711. The molecule has 3 aromatic rings. The summed E-state index contributed by atoms with van der Waals surface area (Å²) in [5.41, 5.74) is 0.512. The number of anilines is 1. The van der Waals surface area contributed by atoms with Crippen LogP contribution in [-0.4, -0.2) is 49.9 Å². The van der Waals surface area contributed by atoms with E-state index in [0.717, 1.165) is 0 Å². The fourth-order valence-electron chi connectivity index (χ4n) is 3.64. The molecule has 1 aliphatic rings. The van der Waals surface area contributed by atoms with Gasteiger partial charge in [-0.3, -0.25) is 14.4 Å². The minimum Gasteiger partial charge on any atom is -0.497 e. The minimum atomic E-state index is -4.31. The number of nitrogens with one attached hydrogen (secondary N) is 1. The van der Waals surface area contributed by atoms with Gasteiger partial charge in [0.2, 0.25) is 15.9 Å². The van der Waals surface area contributed by atoms with Crippen molar-refractivity contribution in [3.63, 3.8) is 0 Å². The van der Waals surface area contributed by atoms with Crippen LogP contribution < -0.4 is 10.1 Å². The van der Waals surface area contributed by atoms with Gasteiger partial charge in [-0.15, -0.1) is 0 Å². The third kappa shape index (κ3) is 4.28. The SMILES string of the molecule is COc1ccc(NC(=O)CN2C(C(=O)c3ccccc3)C(=O)c3ccccc3S2(=O)=O)cc1. The fraction of sp³-hybridized carbons (Fsp3) is 0.125. The number of hydrogen-bond acceptors (Lipinski definition) is 6. The molecule has 168 valence electrons. The van der Waals surface area contributed by atoms with Crippen molar-refractivity contribution in [1.82, 2.24) is 4.31 Å². The first-order chi connectivity index (χ1) is 15.8. The van der Waals surface area contributed by atoms with Crippen molar-refractivity contribution in [2.45, 2.75) is 10.9 Å². The predicted molar refractivity (Wildman–Crippen MR) is 121 cm³/mol. The molecule has 8 nitrogen and oxygen atoms in total. The maximum atomic E-state index is 13.4. The lowest BCUT2D eigenvalue weighted by atomic mass is 9.96. The summed E-state index contributed by atoms with van der Waals surface area (Å²) in [5, 5.41) is 2.59. The second-order valence-corrected chi connectivity index (χ2v) is 9.18. The molecule has 3 aromatic carbocycles. The molecule has 0 radical (unpaired) electrons. The Bertz CT molecular complexity index is 1320. The van der Waals surface area contributed by atoms with Crippen molar-refractivity contribution in [3.8, 4) is 5.75 Å². The summed E-state index contributed by atoms with van der Waals surface area (Å²) in [5.74, 6) is -1.48.